The second-order valence-corrected chi connectivity index (χ2v) is 6.83. The van der Waals surface area contributed by atoms with E-state index in [1.165, 1.54) is 10.6 Å². The highest BCUT2D eigenvalue weighted by molar-refractivity contribution is 5.99. The van der Waals surface area contributed by atoms with Crippen molar-refractivity contribution in [3.8, 4) is 5.75 Å². The van der Waals surface area contributed by atoms with Crippen LogP contribution in [0.4, 0.5) is 4.39 Å². The van der Waals surface area contributed by atoms with Crippen LogP contribution in [-0.2, 0) is 16.2 Å². The highest BCUT2D eigenvalue weighted by atomic mass is 19.1. The first kappa shape index (κ1) is 18.8. The van der Waals surface area contributed by atoms with E-state index in [1.807, 2.05) is 0 Å². The number of imide groups is 1. The van der Waals surface area contributed by atoms with Crippen molar-refractivity contribution >= 4 is 22.7 Å². The highest BCUT2D eigenvalue weighted by Gasteiger charge is 2.30. The Bertz CT molecular complexity index is 1190. The summed E-state index contributed by atoms with van der Waals surface area (Å²) in [5, 5.41) is 2.47. The molecule has 1 fully saturated rings. The molecule has 8 heteroatoms. The average molecular weight is 395 g/mol. The molecule has 0 bridgehead atoms. The molecular weight excluding hydrogens is 377 g/mol. The molecule has 0 saturated carbocycles. The Morgan fingerprint density at radius 1 is 1.17 bits per heavy atom. The van der Waals surface area contributed by atoms with Crippen molar-refractivity contribution in [2.75, 3.05) is 0 Å². The lowest BCUT2D eigenvalue weighted by atomic mass is 10.1. The summed E-state index contributed by atoms with van der Waals surface area (Å²) in [6, 6.07) is 10.4. The molecule has 2 aromatic carbocycles. The number of nitrogens with zero attached hydrogens (tertiary/aromatic N) is 2. The molecule has 0 radical (unpaired) electrons. The molecule has 1 aliphatic rings. The van der Waals surface area contributed by atoms with Gasteiger partial charge in [-0.1, -0.05) is 24.3 Å². The van der Waals surface area contributed by atoms with Crippen LogP contribution in [0.5, 0.6) is 5.75 Å². The smallest absolute Gasteiger partial charge is 0.265 e. The summed E-state index contributed by atoms with van der Waals surface area (Å²) in [4.78, 5) is 41.5. The Morgan fingerprint density at radius 2 is 1.97 bits per heavy atom. The SMILES string of the molecule is Cc1nc2cccc(OCc3ccccc3F)c2c(=O)n1C1CCC(=O)NC1=O. The second-order valence-electron chi connectivity index (χ2n) is 6.83. The summed E-state index contributed by atoms with van der Waals surface area (Å²) < 4.78 is 20.9. The lowest BCUT2D eigenvalue weighted by Crippen LogP contribution is -2.45. The largest absolute Gasteiger partial charge is 0.488 e. The van der Waals surface area contributed by atoms with Crippen molar-refractivity contribution in [3.63, 3.8) is 0 Å². The number of piperidine rings is 1. The first-order valence-electron chi connectivity index (χ1n) is 9.17. The molecule has 0 aliphatic carbocycles. The number of amides is 2. The van der Waals surface area contributed by atoms with Gasteiger partial charge in [-0.15, -0.1) is 0 Å². The van der Waals surface area contributed by atoms with Crippen molar-refractivity contribution in [2.45, 2.75) is 32.4 Å². The van der Waals surface area contributed by atoms with Crippen molar-refractivity contribution in [1.82, 2.24) is 14.9 Å². The van der Waals surface area contributed by atoms with Gasteiger partial charge >= 0.3 is 0 Å². The first-order chi connectivity index (χ1) is 14.0. The number of rotatable bonds is 4. The van der Waals surface area contributed by atoms with Gasteiger partial charge in [0.25, 0.3) is 5.56 Å². The Labute approximate surface area is 165 Å². The Hall–Kier alpha value is -3.55. The molecule has 1 unspecified atom stereocenters. The number of aromatic nitrogens is 2. The number of carbonyl (C=O) groups excluding carboxylic acids is 2. The van der Waals surface area contributed by atoms with Gasteiger partial charge in [-0.2, -0.15) is 0 Å². The van der Waals surface area contributed by atoms with E-state index in [2.05, 4.69) is 10.3 Å². The van der Waals surface area contributed by atoms with Gasteiger partial charge in [0, 0.05) is 12.0 Å². The first-order valence-corrected chi connectivity index (χ1v) is 9.17. The summed E-state index contributed by atoms with van der Waals surface area (Å²) in [5.41, 5.74) is 0.336. The standard InChI is InChI=1S/C21H18FN3O4/c1-12-23-15-7-4-8-17(29-11-13-5-2-3-6-14(13)22)19(15)21(28)25(12)16-9-10-18(26)24-20(16)27/h2-8,16H,9-11H2,1H3,(H,24,26,27). The van der Waals surface area contributed by atoms with Gasteiger partial charge in [0.2, 0.25) is 11.8 Å². The van der Waals surface area contributed by atoms with Crippen LogP contribution >= 0.6 is 0 Å². The Morgan fingerprint density at radius 3 is 2.72 bits per heavy atom. The van der Waals surface area contributed by atoms with E-state index in [1.54, 1.807) is 43.3 Å². The van der Waals surface area contributed by atoms with Gasteiger partial charge in [-0.05, 0) is 31.5 Å². The monoisotopic (exact) mass is 395 g/mol. The third-order valence-electron chi connectivity index (χ3n) is 4.93. The third kappa shape index (κ3) is 3.49. The van der Waals surface area contributed by atoms with E-state index in [9.17, 15) is 18.8 Å². The summed E-state index contributed by atoms with van der Waals surface area (Å²) in [7, 11) is 0. The van der Waals surface area contributed by atoms with Gasteiger partial charge in [0.05, 0.1) is 5.52 Å². The highest BCUT2D eigenvalue weighted by Crippen LogP contribution is 2.25. The van der Waals surface area contributed by atoms with Crippen molar-refractivity contribution < 1.29 is 18.7 Å². The quantitative estimate of drug-likeness (QED) is 0.685. The van der Waals surface area contributed by atoms with E-state index < -0.39 is 23.3 Å². The molecule has 2 amide bonds. The summed E-state index contributed by atoms with van der Waals surface area (Å²) in [5.74, 6) is -0.674. The molecule has 29 heavy (non-hydrogen) atoms. The molecule has 2 heterocycles. The molecule has 1 saturated heterocycles. The molecule has 1 atom stereocenters. The van der Waals surface area contributed by atoms with Crippen molar-refractivity contribution in [1.29, 1.82) is 0 Å². The Kier molecular flexibility index (Phi) is 4.84. The fourth-order valence-electron chi connectivity index (χ4n) is 3.51. The molecule has 1 N–H and O–H groups in total. The second kappa shape index (κ2) is 7.46. The lowest BCUT2D eigenvalue weighted by Gasteiger charge is -2.24. The maximum absolute atomic E-state index is 13.9. The molecule has 148 valence electrons. The molecule has 3 aromatic rings. The number of benzene rings is 2. The van der Waals surface area contributed by atoms with E-state index in [0.29, 0.717) is 16.9 Å². The van der Waals surface area contributed by atoms with Crippen LogP contribution < -0.4 is 15.6 Å². The predicted octanol–water partition coefficient (Wildman–Crippen LogP) is 2.40. The van der Waals surface area contributed by atoms with Crippen LogP contribution in [0.25, 0.3) is 10.9 Å². The third-order valence-corrected chi connectivity index (χ3v) is 4.93. The van der Waals surface area contributed by atoms with Crippen LogP contribution in [0.2, 0.25) is 0 Å². The zero-order chi connectivity index (χ0) is 20.5. The zero-order valence-corrected chi connectivity index (χ0v) is 15.6. The number of ether oxygens (including phenoxy) is 1. The summed E-state index contributed by atoms with van der Waals surface area (Å²) >= 11 is 0. The number of fused-ring (bicyclic) bond motifs is 1. The maximum Gasteiger partial charge on any atom is 0.265 e. The van der Waals surface area contributed by atoms with Gasteiger partial charge in [0.15, 0.2) is 0 Å². The van der Waals surface area contributed by atoms with Gasteiger partial charge in [-0.25, -0.2) is 9.37 Å². The minimum Gasteiger partial charge on any atom is -0.488 e. The molecule has 0 spiro atoms. The number of halogens is 1. The number of nitrogens with one attached hydrogen (secondary N) is 1. The maximum atomic E-state index is 13.9. The molecule has 7 nitrogen and oxygen atoms in total. The number of hydrogen-bond acceptors (Lipinski definition) is 5. The number of hydrogen-bond donors (Lipinski definition) is 1. The van der Waals surface area contributed by atoms with E-state index >= 15 is 0 Å². The average Bonchev–Trinajstić information content (AvgIpc) is 2.68. The minimum absolute atomic E-state index is 0.0580. The fourth-order valence-corrected chi connectivity index (χ4v) is 3.51. The summed E-state index contributed by atoms with van der Waals surface area (Å²) in [6.07, 6.45) is 0.364. The van der Waals surface area contributed by atoms with Gasteiger partial charge < -0.3 is 4.74 Å². The minimum atomic E-state index is -0.822. The van der Waals surface area contributed by atoms with E-state index in [4.69, 9.17) is 4.74 Å². The van der Waals surface area contributed by atoms with Crippen molar-refractivity contribution in [2.24, 2.45) is 0 Å². The van der Waals surface area contributed by atoms with Gasteiger partial charge in [-0.3, -0.25) is 24.3 Å². The molecule has 4 rings (SSSR count). The predicted molar refractivity (Wildman–Crippen MR) is 103 cm³/mol. The van der Waals surface area contributed by atoms with Crippen LogP contribution in [0, 0.1) is 12.7 Å². The number of carbonyl (C=O) groups is 2. The van der Waals surface area contributed by atoms with Crippen LogP contribution in [0.3, 0.4) is 0 Å². The zero-order valence-electron chi connectivity index (χ0n) is 15.6. The van der Waals surface area contributed by atoms with Crippen LogP contribution in [0.1, 0.15) is 30.3 Å². The van der Waals surface area contributed by atoms with Crippen LogP contribution in [-0.4, -0.2) is 21.4 Å². The lowest BCUT2D eigenvalue weighted by molar-refractivity contribution is -0.135. The van der Waals surface area contributed by atoms with Crippen molar-refractivity contribution in [3.05, 3.63) is 70.0 Å². The number of aryl methyl sites for hydroxylation is 1. The van der Waals surface area contributed by atoms with E-state index in [-0.39, 0.29) is 36.5 Å². The van der Waals surface area contributed by atoms with Crippen LogP contribution in [0.15, 0.2) is 47.3 Å². The Balaban J connectivity index is 1.77. The fraction of sp³-hybridized carbons (Fsp3) is 0.238. The molecule has 1 aliphatic heterocycles. The topological polar surface area (TPSA) is 90.3 Å². The molecule has 1 aromatic heterocycles. The normalized spacial score (nSPS) is 16.7. The van der Waals surface area contributed by atoms with Gasteiger partial charge in [0.1, 0.15) is 35.4 Å². The summed E-state index contributed by atoms with van der Waals surface area (Å²) in [6.45, 7) is 1.58. The molecular formula is C21H18FN3O4. The van der Waals surface area contributed by atoms with E-state index in [0.717, 1.165) is 0 Å².